The fourth-order valence-electron chi connectivity index (χ4n) is 2.16. The first-order chi connectivity index (χ1) is 12.5. The molecule has 0 fully saturated rings. The van der Waals surface area contributed by atoms with Gasteiger partial charge in [0.2, 0.25) is 0 Å². The highest BCUT2D eigenvalue weighted by atomic mass is 28.4. The van der Waals surface area contributed by atoms with E-state index in [4.69, 9.17) is 36.0 Å². The molecule has 0 aromatic rings. The van der Waals surface area contributed by atoms with E-state index < -0.39 is 23.8 Å². The van der Waals surface area contributed by atoms with Gasteiger partial charge >= 0.3 is 23.8 Å². The lowest BCUT2D eigenvalue weighted by molar-refractivity contribution is 0.00820. The predicted octanol–water partition coefficient (Wildman–Crippen LogP) is 2.31. The molecule has 0 aliphatic heterocycles. The molecule has 0 spiro atoms. The number of hydrogen-bond acceptors (Lipinski definition) is 9. The van der Waals surface area contributed by atoms with Crippen LogP contribution < -0.4 is 0 Å². The van der Waals surface area contributed by atoms with E-state index in [-0.39, 0.29) is 12.5 Å². The summed E-state index contributed by atoms with van der Waals surface area (Å²) in [5, 5.41) is 0. The Labute approximate surface area is 158 Å². The second-order valence-corrected chi connectivity index (χ2v) is 9.83. The topological polar surface area (TPSA) is 90.9 Å². The summed E-state index contributed by atoms with van der Waals surface area (Å²) in [7, 11) is -6.17. The highest BCUT2D eigenvalue weighted by Crippen LogP contribution is 2.13. The van der Waals surface area contributed by atoms with Crippen LogP contribution in [0.25, 0.3) is 0 Å². The second-order valence-electron chi connectivity index (χ2n) is 4.79. The zero-order valence-electron chi connectivity index (χ0n) is 16.8. The minimum atomic E-state index is -3.08. The van der Waals surface area contributed by atoms with Gasteiger partial charge in [0.05, 0.1) is 0 Å². The maximum absolute atomic E-state index is 12.0. The van der Waals surface area contributed by atoms with E-state index in [1.807, 2.05) is 41.5 Å². The summed E-state index contributed by atoms with van der Waals surface area (Å²) in [6.45, 7) is 13.3. The van der Waals surface area contributed by atoms with Crippen LogP contribution in [0.5, 0.6) is 0 Å². The third kappa shape index (κ3) is 9.41. The van der Waals surface area contributed by atoms with Crippen LogP contribution >= 0.6 is 0 Å². The maximum Gasteiger partial charge on any atom is 0.540 e. The lowest BCUT2D eigenvalue weighted by Gasteiger charge is -2.29. The summed E-state index contributed by atoms with van der Waals surface area (Å²) < 4.78 is 44.1. The van der Waals surface area contributed by atoms with Crippen LogP contribution in [0.2, 0.25) is 0 Å². The number of rotatable bonds is 16. The predicted molar refractivity (Wildman–Crippen MR) is 98.6 cm³/mol. The van der Waals surface area contributed by atoms with E-state index in [9.17, 15) is 4.79 Å². The van der Waals surface area contributed by atoms with E-state index in [0.717, 1.165) is 0 Å². The fourth-order valence-corrected chi connectivity index (χ4v) is 6.38. The number of ether oxygens (including phenoxy) is 2. The van der Waals surface area contributed by atoms with Crippen molar-refractivity contribution in [2.45, 2.75) is 41.5 Å². The molecule has 0 amide bonds. The molecule has 0 atom stereocenters. The Kier molecular flexibility index (Phi) is 14.2. The molecule has 0 aliphatic rings. The van der Waals surface area contributed by atoms with Crippen molar-refractivity contribution < 1.29 is 40.8 Å². The molecule has 0 aliphatic carbocycles. The van der Waals surface area contributed by atoms with Gasteiger partial charge in [-0.1, -0.05) is 0 Å². The van der Waals surface area contributed by atoms with Crippen molar-refractivity contribution in [3.05, 3.63) is 0 Å². The van der Waals surface area contributed by atoms with Crippen molar-refractivity contribution in [3.8, 4) is 0 Å². The first-order valence-electron chi connectivity index (χ1n) is 9.10. The van der Waals surface area contributed by atoms with Crippen molar-refractivity contribution in [1.82, 2.24) is 0 Å². The van der Waals surface area contributed by atoms with Crippen LogP contribution in [0.15, 0.2) is 0 Å². The van der Waals surface area contributed by atoms with Crippen molar-refractivity contribution in [3.63, 3.8) is 0 Å². The minimum absolute atomic E-state index is 0.131. The standard InChI is InChI=1S/C15H34O9Si2/c1-7-19-25(20-8-2,21-9-3)13-17-15(16)18-14-26(22-10-4,23-11-5)24-12-6/h7-14H2,1-6H3. The van der Waals surface area contributed by atoms with Crippen molar-refractivity contribution in [2.75, 3.05) is 52.1 Å². The first-order valence-corrected chi connectivity index (χ1v) is 13.0. The van der Waals surface area contributed by atoms with Crippen molar-refractivity contribution in [1.29, 1.82) is 0 Å². The maximum atomic E-state index is 12.0. The molecular formula is C15H34O9Si2. The molecule has 156 valence electrons. The summed E-state index contributed by atoms with van der Waals surface area (Å²) in [6, 6.07) is 0. The van der Waals surface area contributed by atoms with Gasteiger partial charge in [0, 0.05) is 39.6 Å². The van der Waals surface area contributed by atoms with Gasteiger partial charge in [-0.05, 0) is 41.5 Å². The molecule has 26 heavy (non-hydrogen) atoms. The number of hydrogen-bond donors (Lipinski definition) is 0. The first kappa shape index (κ1) is 25.5. The molecule has 0 saturated carbocycles. The Morgan fingerprint density at radius 1 is 0.538 bits per heavy atom. The van der Waals surface area contributed by atoms with Gasteiger partial charge in [0.25, 0.3) is 0 Å². The summed E-state index contributed by atoms with van der Waals surface area (Å²) in [5.41, 5.74) is 0. The summed E-state index contributed by atoms with van der Waals surface area (Å²) >= 11 is 0. The van der Waals surface area contributed by atoms with E-state index in [1.165, 1.54) is 0 Å². The molecule has 0 N–H and O–H groups in total. The highest BCUT2D eigenvalue weighted by molar-refractivity contribution is 6.61. The quantitative estimate of drug-likeness (QED) is 0.279. The molecule has 9 nitrogen and oxygen atoms in total. The molecule has 0 aromatic heterocycles. The molecule has 0 aromatic carbocycles. The minimum Gasteiger partial charge on any atom is -0.430 e. The van der Waals surface area contributed by atoms with Crippen LogP contribution in [0, 0.1) is 0 Å². The lowest BCUT2D eigenvalue weighted by atomic mass is 10.9. The molecule has 0 bridgehead atoms. The van der Waals surface area contributed by atoms with Gasteiger partial charge in [-0.2, -0.15) is 0 Å². The van der Waals surface area contributed by atoms with Gasteiger partial charge in [-0.25, -0.2) is 4.79 Å². The summed E-state index contributed by atoms with van der Waals surface area (Å²) in [4.78, 5) is 12.0. The average Bonchev–Trinajstić information content (AvgIpc) is 2.60. The molecule has 0 radical (unpaired) electrons. The van der Waals surface area contributed by atoms with E-state index in [2.05, 4.69) is 0 Å². The van der Waals surface area contributed by atoms with E-state index in [0.29, 0.717) is 39.6 Å². The van der Waals surface area contributed by atoms with Crippen LogP contribution in [-0.4, -0.2) is 75.9 Å². The van der Waals surface area contributed by atoms with E-state index >= 15 is 0 Å². The Bertz CT molecular complexity index is 305. The Morgan fingerprint density at radius 2 is 0.769 bits per heavy atom. The summed E-state index contributed by atoms with van der Waals surface area (Å²) in [6.07, 6.45) is -1.14. The van der Waals surface area contributed by atoms with Crippen molar-refractivity contribution in [2.24, 2.45) is 0 Å². The normalized spacial score (nSPS) is 12.2. The van der Waals surface area contributed by atoms with Gasteiger partial charge < -0.3 is 36.0 Å². The average molecular weight is 415 g/mol. The van der Waals surface area contributed by atoms with Gasteiger partial charge in [0.1, 0.15) is 0 Å². The van der Waals surface area contributed by atoms with Gasteiger partial charge in [-0.3, -0.25) is 0 Å². The van der Waals surface area contributed by atoms with E-state index in [1.54, 1.807) is 0 Å². The largest absolute Gasteiger partial charge is 0.540 e. The van der Waals surface area contributed by atoms with Crippen LogP contribution in [0.1, 0.15) is 41.5 Å². The molecule has 0 saturated heterocycles. The SMILES string of the molecule is CCO[Si](COC(=O)OC[Si](OCC)(OCC)OCC)(OCC)OCC. The zero-order valence-corrected chi connectivity index (χ0v) is 18.8. The Balaban J connectivity index is 4.77. The van der Waals surface area contributed by atoms with Gasteiger partial charge in [0.15, 0.2) is 12.5 Å². The van der Waals surface area contributed by atoms with Crippen LogP contribution in [0.4, 0.5) is 4.79 Å². The highest BCUT2D eigenvalue weighted by Gasteiger charge is 2.45. The summed E-state index contributed by atoms with van der Waals surface area (Å²) in [5.74, 6) is 0. The monoisotopic (exact) mass is 414 g/mol. The lowest BCUT2D eigenvalue weighted by Crippen LogP contribution is -2.53. The number of carbonyl (C=O) groups excluding carboxylic acids is 1. The van der Waals surface area contributed by atoms with Crippen LogP contribution in [0.3, 0.4) is 0 Å². The molecule has 0 rings (SSSR count). The molecular weight excluding hydrogens is 380 g/mol. The Hall–Kier alpha value is -0.536. The molecule has 0 heterocycles. The second kappa shape index (κ2) is 14.5. The molecule has 11 heteroatoms. The zero-order chi connectivity index (χ0) is 19.9. The van der Waals surface area contributed by atoms with Gasteiger partial charge in [-0.15, -0.1) is 0 Å². The van der Waals surface area contributed by atoms with Crippen LogP contribution in [-0.2, 0) is 36.0 Å². The smallest absolute Gasteiger partial charge is 0.430 e. The third-order valence-electron chi connectivity index (χ3n) is 2.92. The third-order valence-corrected chi connectivity index (χ3v) is 8.29. The number of carbonyl (C=O) groups is 1. The van der Waals surface area contributed by atoms with Crippen molar-refractivity contribution >= 4 is 23.8 Å². The molecule has 0 unspecified atom stereocenters. The Morgan fingerprint density at radius 3 is 0.962 bits per heavy atom. The fraction of sp³-hybridized carbons (Fsp3) is 0.933.